The van der Waals surface area contributed by atoms with E-state index in [1.165, 1.54) is 0 Å². The maximum absolute atomic E-state index is 8.24. The first-order valence-corrected chi connectivity index (χ1v) is 39.3. The quantitative estimate of drug-likeness (QED) is 0.0916. The first-order chi connectivity index (χ1) is 24.4. The monoisotopic (exact) mass is 1070 g/mol. The van der Waals surface area contributed by atoms with E-state index in [0.717, 1.165) is 34.2 Å². The Bertz CT molecular complexity index is 1460. The molecule has 0 aromatic heterocycles. The molecule has 0 unspecified atom stereocenters. The number of benzene rings is 3. The molecule has 0 saturated heterocycles. The van der Waals surface area contributed by atoms with Crippen molar-refractivity contribution >= 4 is 66.9 Å². The van der Waals surface area contributed by atoms with Crippen LogP contribution in [-0.4, -0.2) is 66.9 Å². The molecule has 0 fully saturated rings. The molecule has 15 heteroatoms. The normalized spacial score (nSPS) is 12.8. The van der Waals surface area contributed by atoms with Crippen molar-refractivity contribution in [3.05, 3.63) is 123 Å². The number of rotatable bonds is 9. The third kappa shape index (κ3) is 31.5. The van der Waals surface area contributed by atoms with E-state index >= 15 is 0 Å². The van der Waals surface area contributed by atoms with E-state index in [9.17, 15) is 0 Å². The van der Waals surface area contributed by atoms with Crippen LogP contribution < -0.4 is 5.11 Å². The van der Waals surface area contributed by atoms with Crippen LogP contribution in [-0.2, 0) is 0 Å². The summed E-state index contributed by atoms with van der Waals surface area (Å²) in [6.07, 6.45) is 0.500. The molecule has 3 aromatic carbocycles. The summed E-state index contributed by atoms with van der Waals surface area (Å²) in [6, 6.07) is 31.0. The zero-order chi connectivity index (χ0) is 42.0. The van der Waals surface area contributed by atoms with E-state index in [1.807, 2.05) is 18.2 Å². The molecule has 0 radical (unpaired) electrons. The fourth-order valence-electron chi connectivity index (χ4n) is 4.13. The summed E-state index contributed by atoms with van der Waals surface area (Å²) in [5, 5.41) is 15.0. The Labute approximate surface area is 366 Å². The zero-order valence-corrected chi connectivity index (χ0v) is 47.4. The second-order valence-corrected chi connectivity index (χ2v) is 46.2. The number of amidine groups is 3. The van der Waals surface area contributed by atoms with Gasteiger partial charge in [-0.3, -0.25) is 0 Å². The van der Waals surface area contributed by atoms with Crippen LogP contribution in [0.25, 0.3) is 14.9 Å². The summed E-state index contributed by atoms with van der Waals surface area (Å²) in [5.41, 5.74) is 3.45. The van der Waals surface area contributed by atoms with Crippen molar-refractivity contribution < 1.29 is 36.2 Å². The number of nitriles is 1. The second kappa shape index (κ2) is 24.5. The largest absolute Gasteiger partial charge is 4.00 e. The molecule has 0 saturated carbocycles. The molecule has 0 N–H and O–H groups in total. The van der Waals surface area contributed by atoms with Crippen molar-refractivity contribution in [2.24, 2.45) is 14.0 Å². The molecule has 0 aliphatic heterocycles. The summed E-state index contributed by atoms with van der Waals surface area (Å²) < 4.78 is 14.7. The predicted molar refractivity (Wildman–Crippen MR) is 255 cm³/mol. The molecule has 0 aliphatic carbocycles. The average molecular weight is 1070 g/mol. The van der Waals surface area contributed by atoms with Crippen LogP contribution in [0.15, 0.2) is 105 Å². The van der Waals surface area contributed by atoms with Crippen molar-refractivity contribution in [1.29, 1.82) is 5.26 Å². The minimum absolute atomic E-state index is 0. The summed E-state index contributed by atoms with van der Waals surface area (Å²) >= 11 is 0. The van der Waals surface area contributed by atoms with Crippen LogP contribution in [0.2, 0.25) is 118 Å². The Morgan fingerprint density at radius 1 is 0.418 bits per heavy atom. The van der Waals surface area contributed by atoms with E-state index in [0.29, 0.717) is 6.26 Å². The maximum Gasteiger partial charge on any atom is 4.00 e. The van der Waals surface area contributed by atoms with Crippen molar-refractivity contribution in [1.82, 2.24) is 0 Å². The van der Waals surface area contributed by atoms with E-state index in [2.05, 4.69) is 191 Å². The molecule has 3 aromatic rings. The van der Waals surface area contributed by atoms with Crippen LogP contribution in [0.3, 0.4) is 0 Å². The van der Waals surface area contributed by atoms with Crippen LogP contribution >= 0.6 is 0 Å². The van der Waals surface area contributed by atoms with E-state index in [-0.39, 0.29) is 31.1 Å². The molecule has 55 heavy (non-hydrogen) atoms. The van der Waals surface area contributed by atoms with E-state index < -0.39 is 49.4 Å². The molecule has 3 rings (SSSR count). The van der Waals surface area contributed by atoms with Gasteiger partial charge in [-0.05, 0) is 16.7 Å². The van der Waals surface area contributed by atoms with Gasteiger partial charge in [0, 0.05) is 55.7 Å². The molecule has 298 valence electrons. The molecule has 8 nitrogen and oxygen atoms in total. The minimum Gasteiger partial charge on any atom is -0.812 e. The Morgan fingerprint density at radius 3 is 0.709 bits per heavy atom. The van der Waals surface area contributed by atoms with Gasteiger partial charge < -0.3 is 34.0 Å². The maximum atomic E-state index is 8.24. The third-order valence-corrected chi connectivity index (χ3v) is 11.0. The molecular weight excluding hydrogens is 1000 g/mol. The van der Waals surface area contributed by atoms with Crippen molar-refractivity contribution in [2.45, 2.75) is 118 Å². The van der Waals surface area contributed by atoms with Gasteiger partial charge in [0.15, 0.2) is 0 Å². The SMILES string of the molecule is C[Si](C)(C)/N=C(/[N-][Si](C)(C)C)c1ccccc1.C[Si](C)(C)/N=C(/[N-][Si](C)(C)C)c1ccccc1.C[Si](C)(C)/N=C(/[N-][Si](C)(C)C)c1ccccc1.N#C[O-].[U+4]. The standard InChI is InChI=1S/3C13H23N2Si2.CHNO.U/c3*1-16(2,3)14-13(15-17(4,5)6)12-10-8-7-9-11-12;2-1-3;/h3*7-11H,1-6H3;3H;/q3*-1;;+4/p-1. The van der Waals surface area contributed by atoms with Crippen molar-refractivity contribution in [2.75, 3.05) is 0 Å². The van der Waals surface area contributed by atoms with Crippen LogP contribution in [0.4, 0.5) is 0 Å². The van der Waals surface area contributed by atoms with Gasteiger partial charge in [0.2, 0.25) is 0 Å². The Balaban J connectivity index is 0. The molecule has 0 spiro atoms. The van der Waals surface area contributed by atoms with Gasteiger partial charge in [0.05, 0.1) is 0 Å². The zero-order valence-electron chi connectivity index (χ0n) is 37.2. The number of hydrogen-bond acceptors (Lipinski definition) is 5. The Kier molecular flexibility index (Phi) is 24.4. The molecular formula is C40H69N7OSi6U. The van der Waals surface area contributed by atoms with Gasteiger partial charge >= 0.3 is 31.1 Å². The molecule has 0 bridgehead atoms. The average Bonchev–Trinajstić information content (AvgIpc) is 2.98. The van der Waals surface area contributed by atoms with E-state index in [1.54, 1.807) is 0 Å². The summed E-state index contributed by atoms with van der Waals surface area (Å²) in [4.78, 5) is 14.7. The first-order valence-electron chi connectivity index (χ1n) is 18.6. The fraction of sp³-hybridized carbons (Fsp3) is 0.450. The smallest absolute Gasteiger partial charge is 0.812 e. The van der Waals surface area contributed by atoms with Gasteiger partial charge in [0.1, 0.15) is 0 Å². The van der Waals surface area contributed by atoms with Gasteiger partial charge in [-0.15, -0.1) is 0 Å². The van der Waals surface area contributed by atoms with Gasteiger partial charge in [-0.25, -0.2) is 5.26 Å². The van der Waals surface area contributed by atoms with Crippen molar-refractivity contribution in [3.63, 3.8) is 0 Å². The Hall–Kier alpha value is -2.29. The number of nitrogens with zero attached hydrogens (tertiary/aromatic N) is 7. The molecule has 0 amide bonds. The van der Waals surface area contributed by atoms with E-state index in [4.69, 9.17) is 39.3 Å². The van der Waals surface area contributed by atoms with Gasteiger partial charge in [-0.2, -0.15) is 0 Å². The Morgan fingerprint density at radius 2 is 0.582 bits per heavy atom. The summed E-state index contributed by atoms with van der Waals surface area (Å²) in [6.45, 7) is 40.4. The number of hydrogen-bond donors (Lipinski definition) is 0. The molecule has 0 atom stereocenters. The molecule has 0 heterocycles. The summed E-state index contributed by atoms with van der Waals surface area (Å²) in [5.74, 6) is 2.89. The van der Waals surface area contributed by atoms with Crippen molar-refractivity contribution in [3.8, 4) is 6.26 Å². The second-order valence-electron chi connectivity index (χ2n) is 18.9. The minimum atomic E-state index is -1.49. The fourth-order valence-corrected chi connectivity index (χ4v) is 9.32. The topological polar surface area (TPSA) is 126 Å². The first kappa shape index (κ1) is 54.8. The van der Waals surface area contributed by atoms with Gasteiger partial charge in [0.25, 0.3) is 0 Å². The summed E-state index contributed by atoms with van der Waals surface area (Å²) in [7, 11) is -8.92. The third-order valence-electron chi connectivity index (χ3n) is 5.74. The van der Waals surface area contributed by atoms with Crippen LogP contribution in [0, 0.1) is 42.6 Å². The molecule has 0 aliphatic rings. The van der Waals surface area contributed by atoms with Gasteiger partial charge in [-0.1, -0.05) is 226 Å². The van der Waals surface area contributed by atoms with Crippen LogP contribution in [0.1, 0.15) is 16.7 Å². The predicted octanol–water partition coefficient (Wildman–Crippen LogP) is 12.3. The van der Waals surface area contributed by atoms with Crippen LogP contribution in [0.5, 0.6) is 0 Å².